The van der Waals surface area contributed by atoms with Crippen LogP contribution in [-0.2, 0) is 10.2 Å². The standard InChI is InChI=1S/C22H20FNO3S/c1-14-17-13-16(23)7-8-18(17)28-19(14)20(25)24-11-9-22(10-12-24,21(26)27)15-5-3-2-4-6-15/h2-8,13H,9-12H2,1H3,(H,26,27). The number of carboxylic acid groups (broad SMARTS) is 1. The highest BCUT2D eigenvalue weighted by Crippen LogP contribution is 2.38. The van der Waals surface area contributed by atoms with Crippen molar-refractivity contribution in [3.05, 3.63) is 70.4 Å². The number of aryl methyl sites for hydroxylation is 1. The molecule has 0 saturated carbocycles. The summed E-state index contributed by atoms with van der Waals surface area (Å²) < 4.78 is 14.4. The summed E-state index contributed by atoms with van der Waals surface area (Å²) in [6, 6.07) is 13.8. The van der Waals surface area contributed by atoms with Crippen molar-refractivity contribution in [3.63, 3.8) is 0 Å². The summed E-state index contributed by atoms with van der Waals surface area (Å²) in [6.07, 6.45) is 0.743. The van der Waals surface area contributed by atoms with Crippen LogP contribution < -0.4 is 0 Å². The number of hydrogen-bond acceptors (Lipinski definition) is 3. The van der Waals surface area contributed by atoms with Gasteiger partial charge in [0, 0.05) is 17.8 Å². The molecule has 1 aliphatic rings. The molecule has 1 fully saturated rings. The maximum atomic E-state index is 13.6. The number of nitrogens with zero attached hydrogens (tertiary/aromatic N) is 1. The zero-order valence-corrected chi connectivity index (χ0v) is 16.3. The molecular weight excluding hydrogens is 377 g/mol. The lowest BCUT2D eigenvalue weighted by Crippen LogP contribution is -2.49. The molecule has 0 atom stereocenters. The van der Waals surface area contributed by atoms with Crippen molar-refractivity contribution >= 4 is 33.3 Å². The van der Waals surface area contributed by atoms with E-state index >= 15 is 0 Å². The molecule has 0 bridgehead atoms. The van der Waals surface area contributed by atoms with E-state index in [1.54, 1.807) is 11.0 Å². The molecule has 1 aromatic heterocycles. The zero-order chi connectivity index (χ0) is 19.9. The van der Waals surface area contributed by atoms with Crippen LogP contribution in [0.25, 0.3) is 10.1 Å². The Bertz CT molecular complexity index is 1050. The van der Waals surface area contributed by atoms with Crippen molar-refractivity contribution in [2.24, 2.45) is 0 Å². The first-order valence-corrected chi connectivity index (χ1v) is 10.0. The van der Waals surface area contributed by atoms with Gasteiger partial charge in [-0.05, 0) is 54.5 Å². The third kappa shape index (κ3) is 2.98. The van der Waals surface area contributed by atoms with Crippen LogP contribution in [-0.4, -0.2) is 35.0 Å². The molecule has 144 valence electrons. The minimum atomic E-state index is -0.962. The van der Waals surface area contributed by atoms with Crippen LogP contribution in [0, 0.1) is 12.7 Å². The molecule has 1 saturated heterocycles. The van der Waals surface area contributed by atoms with E-state index in [0.717, 1.165) is 21.2 Å². The number of carbonyl (C=O) groups is 2. The Hall–Kier alpha value is -2.73. The van der Waals surface area contributed by atoms with Crippen LogP contribution >= 0.6 is 11.3 Å². The fraction of sp³-hybridized carbons (Fsp3) is 0.273. The number of carbonyl (C=O) groups excluding carboxylic acids is 1. The van der Waals surface area contributed by atoms with Crippen molar-refractivity contribution in [3.8, 4) is 0 Å². The number of benzene rings is 2. The van der Waals surface area contributed by atoms with Gasteiger partial charge in [0.25, 0.3) is 5.91 Å². The van der Waals surface area contributed by atoms with Gasteiger partial charge in [0.05, 0.1) is 10.3 Å². The largest absolute Gasteiger partial charge is 0.481 e. The number of carboxylic acids is 1. The van der Waals surface area contributed by atoms with Crippen LogP contribution in [0.4, 0.5) is 4.39 Å². The van der Waals surface area contributed by atoms with Crippen molar-refractivity contribution in [2.75, 3.05) is 13.1 Å². The average molecular weight is 397 g/mol. The fourth-order valence-electron chi connectivity index (χ4n) is 4.02. The number of aliphatic carboxylic acids is 1. The minimum Gasteiger partial charge on any atom is -0.481 e. The second-order valence-electron chi connectivity index (χ2n) is 7.24. The summed E-state index contributed by atoms with van der Waals surface area (Å²) in [5.41, 5.74) is 0.599. The first-order valence-electron chi connectivity index (χ1n) is 9.19. The molecule has 1 N–H and O–H groups in total. The molecule has 1 amide bonds. The third-order valence-electron chi connectivity index (χ3n) is 5.73. The summed E-state index contributed by atoms with van der Waals surface area (Å²) in [7, 11) is 0. The fourth-order valence-corrected chi connectivity index (χ4v) is 5.17. The van der Waals surface area contributed by atoms with Crippen LogP contribution in [0.3, 0.4) is 0 Å². The zero-order valence-electron chi connectivity index (χ0n) is 15.4. The topological polar surface area (TPSA) is 57.6 Å². The maximum Gasteiger partial charge on any atom is 0.314 e. The molecule has 0 unspecified atom stereocenters. The van der Waals surface area contributed by atoms with Gasteiger partial charge in [-0.1, -0.05) is 30.3 Å². The number of piperidine rings is 1. The summed E-state index contributed by atoms with van der Waals surface area (Å²) in [5.74, 6) is -1.27. The Morgan fingerprint density at radius 2 is 1.79 bits per heavy atom. The second-order valence-corrected chi connectivity index (χ2v) is 8.29. The van der Waals surface area contributed by atoms with E-state index in [2.05, 4.69) is 0 Å². The molecule has 4 nitrogen and oxygen atoms in total. The van der Waals surface area contributed by atoms with Gasteiger partial charge in [0.1, 0.15) is 5.82 Å². The molecule has 2 aromatic carbocycles. The molecule has 0 aliphatic carbocycles. The number of likely N-dealkylation sites (tertiary alicyclic amines) is 1. The van der Waals surface area contributed by atoms with Crippen molar-refractivity contribution in [1.82, 2.24) is 4.90 Å². The lowest BCUT2D eigenvalue weighted by molar-refractivity contribution is -0.145. The SMILES string of the molecule is Cc1c(C(=O)N2CCC(C(=O)O)(c3ccccc3)CC2)sc2ccc(F)cc12. The molecule has 6 heteroatoms. The third-order valence-corrected chi connectivity index (χ3v) is 6.99. The van der Waals surface area contributed by atoms with Crippen LogP contribution in [0.1, 0.15) is 33.6 Å². The van der Waals surface area contributed by atoms with E-state index < -0.39 is 11.4 Å². The molecule has 0 radical (unpaired) electrons. The Kier molecular flexibility index (Phi) is 4.67. The smallest absolute Gasteiger partial charge is 0.314 e. The van der Waals surface area contributed by atoms with E-state index in [9.17, 15) is 19.1 Å². The Morgan fingerprint density at radius 1 is 1.11 bits per heavy atom. The van der Waals surface area contributed by atoms with Gasteiger partial charge in [-0.15, -0.1) is 11.3 Å². The normalized spacial score (nSPS) is 16.3. The molecule has 3 aromatic rings. The predicted octanol–water partition coefficient (Wildman–Crippen LogP) is 4.61. The quantitative estimate of drug-likeness (QED) is 0.702. The Balaban J connectivity index is 1.59. The van der Waals surface area contributed by atoms with E-state index in [1.165, 1.54) is 23.5 Å². The highest BCUT2D eigenvalue weighted by molar-refractivity contribution is 7.21. The molecule has 2 heterocycles. The Labute approximate surface area is 166 Å². The molecular formula is C22H20FNO3S. The summed E-state index contributed by atoms with van der Waals surface area (Å²) in [6.45, 7) is 2.59. The Morgan fingerprint density at radius 3 is 2.43 bits per heavy atom. The van der Waals surface area contributed by atoms with Crippen LogP contribution in [0.15, 0.2) is 48.5 Å². The molecule has 0 spiro atoms. The van der Waals surface area contributed by atoms with Gasteiger partial charge >= 0.3 is 5.97 Å². The van der Waals surface area contributed by atoms with Crippen molar-refractivity contribution < 1.29 is 19.1 Å². The highest BCUT2D eigenvalue weighted by atomic mass is 32.1. The minimum absolute atomic E-state index is 0.105. The highest BCUT2D eigenvalue weighted by Gasteiger charge is 2.44. The molecule has 28 heavy (non-hydrogen) atoms. The van der Waals surface area contributed by atoms with Crippen molar-refractivity contribution in [2.45, 2.75) is 25.2 Å². The van der Waals surface area contributed by atoms with Crippen LogP contribution in [0.5, 0.6) is 0 Å². The number of hydrogen-bond donors (Lipinski definition) is 1. The predicted molar refractivity (Wildman–Crippen MR) is 107 cm³/mol. The number of rotatable bonds is 3. The van der Waals surface area contributed by atoms with Gasteiger partial charge in [0.15, 0.2) is 0 Å². The molecule has 4 rings (SSSR count). The summed E-state index contributed by atoms with van der Waals surface area (Å²) >= 11 is 1.36. The van der Waals surface area contributed by atoms with Crippen LogP contribution in [0.2, 0.25) is 0 Å². The monoisotopic (exact) mass is 397 g/mol. The number of fused-ring (bicyclic) bond motifs is 1. The number of thiophene rings is 1. The first-order chi connectivity index (χ1) is 13.4. The van der Waals surface area contributed by atoms with Gasteiger partial charge in [-0.3, -0.25) is 9.59 Å². The van der Waals surface area contributed by atoms with Gasteiger partial charge in [-0.2, -0.15) is 0 Å². The van der Waals surface area contributed by atoms with E-state index in [-0.39, 0.29) is 11.7 Å². The first kappa shape index (κ1) is 18.6. The van der Waals surface area contributed by atoms with E-state index in [0.29, 0.717) is 30.8 Å². The van der Waals surface area contributed by atoms with E-state index in [4.69, 9.17) is 0 Å². The average Bonchev–Trinajstić information content (AvgIpc) is 3.04. The number of halogens is 1. The van der Waals surface area contributed by atoms with Gasteiger partial charge < -0.3 is 10.0 Å². The lowest BCUT2D eigenvalue weighted by atomic mass is 9.73. The second kappa shape index (κ2) is 7.02. The van der Waals surface area contributed by atoms with Crippen molar-refractivity contribution in [1.29, 1.82) is 0 Å². The molecule has 1 aliphatic heterocycles. The lowest BCUT2D eigenvalue weighted by Gasteiger charge is -2.39. The summed E-state index contributed by atoms with van der Waals surface area (Å²) in [5, 5.41) is 10.7. The summed E-state index contributed by atoms with van der Waals surface area (Å²) in [4.78, 5) is 27.5. The van der Waals surface area contributed by atoms with Gasteiger partial charge in [0.2, 0.25) is 0 Å². The van der Waals surface area contributed by atoms with E-state index in [1.807, 2.05) is 37.3 Å². The maximum absolute atomic E-state index is 13.6. The number of amides is 1. The van der Waals surface area contributed by atoms with Gasteiger partial charge in [-0.25, -0.2) is 4.39 Å².